The Morgan fingerprint density at radius 3 is 2.88 bits per heavy atom. The van der Waals surface area contributed by atoms with Gasteiger partial charge in [0.2, 0.25) is 11.8 Å². The zero-order valence-electron chi connectivity index (χ0n) is 13.9. The predicted octanol–water partition coefficient (Wildman–Crippen LogP) is 1.54. The van der Waals surface area contributed by atoms with E-state index in [1.54, 1.807) is 19.4 Å². The highest BCUT2D eigenvalue weighted by Crippen LogP contribution is 2.33. The molecule has 2 fully saturated rings. The number of rotatable bonds is 6. The number of hydrogen-bond acceptors (Lipinski definition) is 6. The molecule has 3 rings (SSSR count). The molecule has 0 bridgehead atoms. The van der Waals surface area contributed by atoms with E-state index in [4.69, 9.17) is 4.74 Å². The van der Waals surface area contributed by atoms with Gasteiger partial charge in [0.05, 0.1) is 7.11 Å². The van der Waals surface area contributed by atoms with Gasteiger partial charge in [0, 0.05) is 25.4 Å². The van der Waals surface area contributed by atoms with Crippen molar-refractivity contribution in [1.29, 1.82) is 0 Å². The Morgan fingerprint density at radius 2 is 2.12 bits per heavy atom. The smallest absolute Gasteiger partial charge is 0.325 e. The number of urea groups is 1. The third kappa shape index (κ3) is 3.27. The lowest BCUT2D eigenvalue weighted by Crippen LogP contribution is -2.48. The fourth-order valence-corrected chi connectivity index (χ4v) is 3.35. The number of amides is 3. The normalized spacial score (nSPS) is 19.5. The first-order chi connectivity index (χ1) is 11.6. The van der Waals surface area contributed by atoms with Gasteiger partial charge in [-0.25, -0.2) is 9.78 Å². The van der Waals surface area contributed by atoms with E-state index in [1.165, 1.54) is 4.90 Å². The maximum Gasteiger partial charge on any atom is 0.325 e. The SMILES string of the molecule is COc1ccnc(NCCCN2C(=O)NC3(CCCCC3)C2=O)n1. The fourth-order valence-electron chi connectivity index (χ4n) is 3.35. The van der Waals surface area contributed by atoms with Crippen molar-refractivity contribution in [2.24, 2.45) is 0 Å². The topological polar surface area (TPSA) is 96.5 Å². The Morgan fingerprint density at radius 1 is 1.33 bits per heavy atom. The number of methoxy groups -OCH3 is 1. The molecule has 1 aliphatic carbocycles. The van der Waals surface area contributed by atoms with E-state index in [0.717, 1.165) is 32.1 Å². The number of ether oxygens (including phenoxy) is 1. The van der Waals surface area contributed by atoms with Crippen LogP contribution in [-0.2, 0) is 4.79 Å². The molecule has 8 nitrogen and oxygen atoms in total. The van der Waals surface area contributed by atoms with Crippen molar-refractivity contribution in [2.75, 3.05) is 25.5 Å². The number of nitrogens with zero attached hydrogens (tertiary/aromatic N) is 3. The van der Waals surface area contributed by atoms with Crippen LogP contribution in [-0.4, -0.2) is 52.5 Å². The van der Waals surface area contributed by atoms with Crippen LogP contribution in [0, 0.1) is 0 Å². The molecule has 3 amide bonds. The Labute approximate surface area is 141 Å². The summed E-state index contributed by atoms with van der Waals surface area (Å²) in [7, 11) is 1.55. The van der Waals surface area contributed by atoms with Gasteiger partial charge in [-0.2, -0.15) is 4.98 Å². The van der Waals surface area contributed by atoms with Crippen LogP contribution >= 0.6 is 0 Å². The third-order valence-electron chi connectivity index (χ3n) is 4.63. The molecular formula is C16H23N5O3. The summed E-state index contributed by atoms with van der Waals surface area (Å²) in [4.78, 5) is 34.4. The van der Waals surface area contributed by atoms with Gasteiger partial charge >= 0.3 is 6.03 Å². The van der Waals surface area contributed by atoms with Gasteiger partial charge in [-0.3, -0.25) is 9.69 Å². The van der Waals surface area contributed by atoms with Gasteiger partial charge in [-0.05, 0) is 19.3 Å². The summed E-state index contributed by atoms with van der Waals surface area (Å²) in [6, 6.07) is 1.40. The van der Waals surface area contributed by atoms with Crippen molar-refractivity contribution in [3.8, 4) is 5.88 Å². The standard InChI is InChI=1S/C16H23N5O3/c1-24-12-6-10-18-14(19-12)17-9-5-11-21-13(22)16(20-15(21)23)7-3-2-4-8-16/h6,10H,2-5,7-9,11H2,1H3,(H,20,23)(H,17,18,19). The largest absolute Gasteiger partial charge is 0.481 e. The predicted molar refractivity (Wildman–Crippen MR) is 87.8 cm³/mol. The number of nitrogens with one attached hydrogen (secondary N) is 2. The summed E-state index contributed by atoms with van der Waals surface area (Å²) in [5.74, 6) is 0.890. The summed E-state index contributed by atoms with van der Waals surface area (Å²) in [5, 5.41) is 5.99. The average Bonchev–Trinajstić information content (AvgIpc) is 2.83. The third-order valence-corrected chi connectivity index (χ3v) is 4.63. The molecule has 0 aromatic carbocycles. The van der Waals surface area contributed by atoms with Gasteiger partial charge < -0.3 is 15.4 Å². The molecule has 8 heteroatoms. The summed E-state index contributed by atoms with van der Waals surface area (Å²) in [6.07, 6.45) is 6.88. The van der Waals surface area contributed by atoms with Gasteiger partial charge in [-0.1, -0.05) is 19.3 Å². The zero-order valence-corrected chi connectivity index (χ0v) is 13.9. The monoisotopic (exact) mass is 333 g/mol. The highest BCUT2D eigenvalue weighted by atomic mass is 16.5. The van der Waals surface area contributed by atoms with E-state index in [9.17, 15) is 9.59 Å². The lowest BCUT2D eigenvalue weighted by atomic mass is 9.82. The van der Waals surface area contributed by atoms with Crippen LogP contribution in [0.1, 0.15) is 38.5 Å². The molecule has 2 N–H and O–H groups in total. The first-order valence-corrected chi connectivity index (χ1v) is 8.40. The summed E-state index contributed by atoms with van der Waals surface area (Å²) in [5.41, 5.74) is -0.640. The number of carbonyl (C=O) groups is 2. The molecule has 0 radical (unpaired) electrons. The number of anilines is 1. The Kier molecular flexibility index (Phi) is 4.82. The van der Waals surface area contributed by atoms with Crippen LogP contribution in [0.4, 0.5) is 10.7 Å². The lowest BCUT2D eigenvalue weighted by Gasteiger charge is -2.30. The second kappa shape index (κ2) is 7.02. The van der Waals surface area contributed by atoms with Crippen LogP contribution in [0.2, 0.25) is 0 Å². The average molecular weight is 333 g/mol. The van der Waals surface area contributed by atoms with Crippen LogP contribution < -0.4 is 15.4 Å². The summed E-state index contributed by atoms with van der Waals surface area (Å²) in [6.45, 7) is 0.959. The zero-order chi connectivity index (χ0) is 17.0. The highest BCUT2D eigenvalue weighted by Gasteiger charge is 2.50. The lowest BCUT2D eigenvalue weighted by molar-refractivity contribution is -0.132. The molecule has 1 saturated carbocycles. The molecule has 0 unspecified atom stereocenters. The molecule has 24 heavy (non-hydrogen) atoms. The van der Waals surface area contributed by atoms with Crippen molar-refractivity contribution < 1.29 is 14.3 Å². The van der Waals surface area contributed by atoms with Gasteiger partial charge in [0.15, 0.2) is 0 Å². The molecule has 0 atom stereocenters. The van der Waals surface area contributed by atoms with E-state index in [-0.39, 0.29) is 11.9 Å². The summed E-state index contributed by atoms with van der Waals surface area (Å²) < 4.78 is 5.04. The maximum atomic E-state index is 12.6. The molecule has 2 aliphatic rings. The fraction of sp³-hybridized carbons (Fsp3) is 0.625. The maximum absolute atomic E-state index is 12.6. The van der Waals surface area contributed by atoms with E-state index in [0.29, 0.717) is 31.3 Å². The van der Waals surface area contributed by atoms with Crippen LogP contribution in [0.5, 0.6) is 5.88 Å². The minimum atomic E-state index is -0.640. The van der Waals surface area contributed by atoms with Gasteiger partial charge in [0.1, 0.15) is 5.54 Å². The second-order valence-corrected chi connectivity index (χ2v) is 6.23. The number of imide groups is 1. The van der Waals surface area contributed by atoms with Crippen molar-refractivity contribution in [1.82, 2.24) is 20.2 Å². The first kappa shape index (κ1) is 16.5. The molecule has 130 valence electrons. The molecule has 2 heterocycles. The Hall–Kier alpha value is -2.38. The highest BCUT2D eigenvalue weighted by molar-refractivity contribution is 6.07. The van der Waals surface area contributed by atoms with Gasteiger partial charge in [-0.15, -0.1) is 0 Å². The van der Waals surface area contributed by atoms with Crippen LogP contribution in [0.3, 0.4) is 0 Å². The Balaban J connectivity index is 1.49. The molecule has 1 aromatic rings. The second-order valence-electron chi connectivity index (χ2n) is 6.23. The van der Waals surface area contributed by atoms with Crippen molar-refractivity contribution in [2.45, 2.75) is 44.1 Å². The van der Waals surface area contributed by atoms with Crippen molar-refractivity contribution in [3.63, 3.8) is 0 Å². The van der Waals surface area contributed by atoms with Crippen molar-refractivity contribution in [3.05, 3.63) is 12.3 Å². The molecule has 1 saturated heterocycles. The Bertz CT molecular complexity index is 615. The molecule has 1 aliphatic heterocycles. The quantitative estimate of drug-likeness (QED) is 0.605. The molecule has 1 spiro atoms. The van der Waals surface area contributed by atoms with E-state index in [2.05, 4.69) is 20.6 Å². The van der Waals surface area contributed by atoms with Gasteiger partial charge in [0.25, 0.3) is 5.91 Å². The number of carbonyl (C=O) groups excluding carboxylic acids is 2. The van der Waals surface area contributed by atoms with E-state index in [1.807, 2.05) is 0 Å². The van der Waals surface area contributed by atoms with E-state index >= 15 is 0 Å². The minimum Gasteiger partial charge on any atom is -0.481 e. The molecule has 1 aromatic heterocycles. The minimum absolute atomic E-state index is 0.0650. The van der Waals surface area contributed by atoms with E-state index < -0.39 is 5.54 Å². The van der Waals surface area contributed by atoms with Crippen molar-refractivity contribution >= 4 is 17.9 Å². The number of aromatic nitrogens is 2. The first-order valence-electron chi connectivity index (χ1n) is 8.40. The summed E-state index contributed by atoms with van der Waals surface area (Å²) >= 11 is 0. The van der Waals surface area contributed by atoms with Crippen LogP contribution in [0.15, 0.2) is 12.3 Å². The van der Waals surface area contributed by atoms with Crippen LogP contribution in [0.25, 0.3) is 0 Å². The molecular weight excluding hydrogens is 310 g/mol. The number of hydrogen-bond donors (Lipinski definition) is 2.